The van der Waals surface area contributed by atoms with E-state index in [1.54, 1.807) is 4.90 Å². The Morgan fingerprint density at radius 3 is 2.32 bits per heavy atom. The van der Waals surface area contributed by atoms with E-state index in [0.29, 0.717) is 6.54 Å². The molecule has 2 aromatic carbocycles. The Hall–Kier alpha value is -2.62. The van der Waals surface area contributed by atoms with Gasteiger partial charge in [-0.3, -0.25) is 9.59 Å². The lowest BCUT2D eigenvalue weighted by molar-refractivity contribution is -0.145. The van der Waals surface area contributed by atoms with Crippen molar-refractivity contribution in [3.63, 3.8) is 0 Å². The molecule has 4 nitrogen and oxygen atoms in total. The van der Waals surface area contributed by atoms with E-state index in [1.165, 1.54) is 0 Å². The molecule has 2 aromatic rings. The van der Waals surface area contributed by atoms with Gasteiger partial charge in [-0.05, 0) is 29.5 Å². The maximum Gasteiger partial charge on any atom is 0.312 e. The van der Waals surface area contributed by atoms with E-state index in [2.05, 4.69) is 0 Å². The summed E-state index contributed by atoms with van der Waals surface area (Å²) in [4.78, 5) is 26.9. The van der Waals surface area contributed by atoms with Crippen LogP contribution in [0.5, 0.6) is 0 Å². The highest BCUT2D eigenvalue weighted by Gasteiger charge is 2.48. The molecule has 4 rings (SSSR count). The van der Waals surface area contributed by atoms with E-state index in [0.717, 1.165) is 36.0 Å². The van der Waals surface area contributed by atoms with Crippen molar-refractivity contribution in [1.29, 1.82) is 0 Å². The van der Waals surface area contributed by atoms with Crippen LogP contribution in [0, 0.1) is 0 Å². The fraction of sp³-hybridized carbons (Fsp3) is 0.333. The van der Waals surface area contributed by atoms with Crippen molar-refractivity contribution in [2.24, 2.45) is 0 Å². The smallest absolute Gasteiger partial charge is 0.312 e. The number of amides is 1. The summed E-state index contributed by atoms with van der Waals surface area (Å²) in [5.41, 5.74) is 2.35. The monoisotopic (exact) mass is 335 g/mol. The lowest BCUT2D eigenvalue weighted by Gasteiger charge is -2.45. The summed E-state index contributed by atoms with van der Waals surface area (Å²) in [6.07, 6.45) is 2.71. The Kier molecular flexibility index (Phi) is 3.83. The minimum atomic E-state index is -0.868. The van der Waals surface area contributed by atoms with Crippen LogP contribution in [0.3, 0.4) is 0 Å². The Balaban J connectivity index is 1.68. The van der Waals surface area contributed by atoms with Gasteiger partial charge in [0.05, 0.1) is 11.3 Å². The SMILES string of the molecule is O=C(O)C1CN(C(=O)C2(c3ccccc3)CCC2)Cc2ccccc21. The minimum Gasteiger partial charge on any atom is -0.481 e. The van der Waals surface area contributed by atoms with Crippen molar-refractivity contribution in [3.8, 4) is 0 Å². The summed E-state index contributed by atoms with van der Waals surface area (Å²) in [5, 5.41) is 9.64. The summed E-state index contributed by atoms with van der Waals surface area (Å²) in [6, 6.07) is 17.5. The Labute approximate surface area is 147 Å². The first-order chi connectivity index (χ1) is 12.1. The van der Waals surface area contributed by atoms with Gasteiger partial charge in [-0.2, -0.15) is 0 Å². The van der Waals surface area contributed by atoms with Gasteiger partial charge in [-0.25, -0.2) is 0 Å². The molecule has 1 unspecified atom stereocenters. The maximum absolute atomic E-state index is 13.4. The number of nitrogens with zero attached hydrogens (tertiary/aromatic N) is 1. The van der Waals surface area contributed by atoms with Crippen molar-refractivity contribution in [3.05, 3.63) is 71.3 Å². The standard InChI is InChI=1S/C21H21NO3/c23-19(24)18-14-22(13-15-7-4-5-10-17(15)18)20(25)21(11-6-12-21)16-8-2-1-3-9-16/h1-5,7-10,18H,6,11-14H2,(H,23,24). The van der Waals surface area contributed by atoms with Gasteiger partial charge in [0.15, 0.2) is 0 Å². The third kappa shape index (κ3) is 2.53. The number of carboxylic acid groups (broad SMARTS) is 1. The maximum atomic E-state index is 13.4. The average Bonchev–Trinajstić information content (AvgIpc) is 2.60. The minimum absolute atomic E-state index is 0.0747. The summed E-state index contributed by atoms with van der Waals surface area (Å²) in [7, 11) is 0. The zero-order valence-electron chi connectivity index (χ0n) is 14.0. The lowest BCUT2D eigenvalue weighted by atomic mass is 9.63. The molecule has 0 saturated heterocycles. The van der Waals surface area contributed by atoms with Crippen molar-refractivity contribution >= 4 is 11.9 Å². The van der Waals surface area contributed by atoms with Gasteiger partial charge in [0, 0.05) is 13.1 Å². The van der Waals surface area contributed by atoms with Crippen molar-refractivity contribution in [1.82, 2.24) is 4.90 Å². The first-order valence-corrected chi connectivity index (χ1v) is 8.77. The molecule has 1 N–H and O–H groups in total. The Morgan fingerprint density at radius 2 is 1.68 bits per heavy atom. The zero-order valence-corrected chi connectivity index (χ0v) is 14.0. The van der Waals surface area contributed by atoms with Crippen LogP contribution in [-0.2, 0) is 21.5 Å². The normalized spacial score (nSPS) is 21.1. The second-order valence-electron chi connectivity index (χ2n) is 7.08. The lowest BCUT2D eigenvalue weighted by Crippen LogP contribution is -2.53. The van der Waals surface area contributed by atoms with Gasteiger partial charge in [0.25, 0.3) is 0 Å². The van der Waals surface area contributed by atoms with Gasteiger partial charge in [-0.1, -0.05) is 61.0 Å². The molecule has 1 fully saturated rings. The third-order valence-electron chi connectivity index (χ3n) is 5.72. The molecular weight excluding hydrogens is 314 g/mol. The van der Waals surface area contributed by atoms with Crippen molar-refractivity contribution in [2.45, 2.75) is 37.1 Å². The van der Waals surface area contributed by atoms with E-state index in [4.69, 9.17) is 0 Å². The molecule has 0 bridgehead atoms. The molecule has 1 atom stereocenters. The highest BCUT2D eigenvalue weighted by molar-refractivity contribution is 5.90. The summed E-state index contributed by atoms with van der Waals surface area (Å²) in [6.45, 7) is 0.743. The van der Waals surface area contributed by atoms with E-state index >= 15 is 0 Å². The number of hydrogen-bond donors (Lipinski definition) is 1. The van der Waals surface area contributed by atoms with Gasteiger partial charge in [0.2, 0.25) is 5.91 Å². The number of rotatable bonds is 3. The third-order valence-corrected chi connectivity index (χ3v) is 5.72. The van der Waals surface area contributed by atoms with Gasteiger partial charge in [0.1, 0.15) is 0 Å². The van der Waals surface area contributed by atoms with E-state index in [9.17, 15) is 14.7 Å². The molecule has 1 aliphatic carbocycles. The number of carbonyl (C=O) groups excluding carboxylic acids is 1. The molecule has 1 saturated carbocycles. The number of carbonyl (C=O) groups is 2. The number of fused-ring (bicyclic) bond motifs is 1. The van der Waals surface area contributed by atoms with Crippen LogP contribution in [0.2, 0.25) is 0 Å². The van der Waals surface area contributed by atoms with Crippen LogP contribution in [0.15, 0.2) is 54.6 Å². The predicted molar refractivity (Wildman–Crippen MR) is 94.2 cm³/mol. The highest BCUT2D eigenvalue weighted by atomic mass is 16.4. The quantitative estimate of drug-likeness (QED) is 0.936. The van der Waals surface area contributed by atoms with E-state index < -0.39 is 17.3 Å². The Morgan fingerprint density at radius 1 is 1.00 bits per heavy atom. The molecule has 128 valence electrons. The zero-order chi connectivity index (χ0) is 17.4. The molecule has 1 amide bonds. The molecular formula is C21H21NO3. The molecule has 4 heteroatoms. The van der Waals surface area contributed by atoms with Gasteiger partial charge in [-0.15, -0.1) is 0 Å². The van der Waals surface area contributed by atoms with Crippen molar-refractivity contribution < 1.29 is 14.7 Å². The largest absolute Gasteiger partial charge is 0.481 e. The fourth-order valence-corrected chi connectivity index (χ4v) is 4.19. The molecule has 2 aliphatic rings. The topological polar surface area (TPSA) is 57.6 Å². The van der Waals surface area contributed by atoms with E-state index in [1.807, 2.05) is 54.6 Å². The van der Waals surface area contributed by atoms with Crippen LogP contribution in [0.1, 0.15) is 41.9 Å². The van der Waals surface area contributed by atoms with Crippen LogP contribution in [0.25, 0.3) is 0 Å². The highest BCUT2D eigenvalue weighted by Crippen LogP contribution is 2.46. The molecule has 0 spiro atoms. The number of carboxylic acids is 1. The second-order valence-corrected chi connectivity index (χ2v) is 7.08. The van der Waals surface area contributed by atoms with E-state index in [-0.39, 0.29) is 12.5 Å². The summed E-state index contributed by atoms with van der Waals surface area (Å²) in [5.74, 6) is -1.44. The number of hydrogen-bond acceptors (Lipinski definition) is 2. The fourth-order valence-electron chi connectivity index (χ4n) is 4.19. The van der Waals surface area contributed by atoms with Crippen LogP contribution in [-0.4, -0.2) is 28.4 Å². The summed E-state index contributed by atoms with van der Waals surface area (Å²) < 4.78 is 0. The number of aliphatic carboxylic acids is 1. The molecule has 25 heavy (non-hydrogen) atoms. The second kappa shape index (κ2) is 6.03. The molecule has 0 aromatic heterocycles. The number of benzene rings is 2. The van der Waals surface area contributed by atoms with Crippen molar-refractivity contribution in [2.75, 3.05) is 6.54 Å². The van der Waals surface area contributed by atoms with Crippen LogP contribution >= 0.6 is 0 Å². The van der Waals surface area contributed by atoms with Crippen LogP contribution < -0.4 is 0 Å². The predicted octanol–water partition coefficient (Wildman–Crippen LogP) is 3.32. The summed E-state index contributed by atoms with van der Waals surface area (Å²) >= 11 is 0. The van der Waals surface area contributed by atoms with Crippen LogP contribution in [0.4, 0.5) is 0 Å². The molecule has 1 aliphatic heterocycles. The molecule has 0 radical (unpaired) electrons. The Bertz CT molecular complexity index is 811. The first-order valence-electron chi connectivity index (χ1n) is 8.77. The first kappa shape index (κ1) is 15.9. The van der Waals surface area contributed by atoms with Gasteiger partial charge >= 0.3 is 5.97 Å². The van der Waals surface area contributed by atoms with Gasteiger partial charge < -0.3 is 10.0 Å². The molecule has 1 heterocycles. The average molecular weight is 335 g/mol.